The standard InChI is InChI=1S/C17H19FN2O/c18-14-5-6-15-16(4-2-10-21-17(15)11-14)20-9-7-13-3-1-8-19-12-13/h1,3,5-6,8,11-12,16,20H,2,4,7,9-10H2/t16-/m0/s1. The van der Waals surface area contributed by atoms with Gasteiger partial charge in [0.05, 0.1) is 6.61 Å². The Kier molecular flexibility index (Phi) is 4.46. The third-order valence-electron chi connectivity index (χ3n) is 3.77. The van der Waals surface area contributed by atoms with Crippen molar-refractivity contribution in [2.45, 2.75) is 25.3 Å². The zero-order chi connectivity index (χ0) is 14.5. The molecule has 1 aliphatic heterocycles. The van der Waals surface area contributed by atoms with Crippen molar-refractivity contribution in [2.24, 2.45) is 0 Å². The van der Waals surface area contributed by atoms with Crippen LogP contribution < -0.4 is 10.1 Å². The molecule has 0 aliphatic carbocycles. The van der Waals surface area contributed by atoms with E-state index < -0.39 is 0 Å². The molecule has 1 aromatic heterocycles. The van der Waals surface area contributed by atoms with Gasteiger partial charge in [0.25, 0.3) is 0 Å². The summed E-state index contributed by atoms with van der Waals surface area (Å²) in [5.74, 6) is 0.427. The van der Waals surface area contributed by atoms with Crippen molar-refractivity contribution in [1.82, 2.24) is 10.3 Å². The Morgan fingerprint density at radius 2 is 2.29 bits per heavy atom. The molecule has 3 rings (SSSR count). The molecule has 0 spiro atoms. The van der Waals surface area contributed by atoms with Crippen LogP contribution in [0.15, 0.2) is 42.7 Å². The van der Waals surface area contributed by atoms with Gasteiger partial charge in [0, 0.05) is 30.1 Å². The van der Waals surface area contributed by atoms with Crippen molar-refractivity contribution in [3.63, 3.8) is 0 Å². The number of fused-ring (bicyclic) bond motifs is 1. The monoisotopic (exact) mass is 286 g/mol. The van der Waals surface area contributed by atoms with Crippen molar-refractivity contribution < 1.29 is 9.13 Å². The number of nitrogens with one attached hydrogen (secondary N) is 1. The van der Waals surface area contributed by atoms with Gasteiger partial charge in [-0.25, -0.2) is 4.39 Å². The molecule has 1 atom stereocenters. The van der Waals surface area contributed by atoms with E-state index in [9.17, 15) is 4.39 Å². The summed E-state index contributed by atoms with van der Waals surface area (Å²) in [4.78, 5) is 4.12. The van der Waals surface area contributed by atoms with Crippen LogP contribution in [0.3, 0.4) is 0 Å². The lowest BCUT2D eigenvalue weighted by Gasteiger charge is -2.18. The van der Waals surface area contributed by atoms with Crippen molar-refractivity contribution in [1.29, 1.82) is 0 Å². The maximum Gasteiger partial charge on any atom is 0.126 e. The van der Waals surface area contributed by atoms with E-state index in [0.717, 1.165) is 31.4 Å². The Balaban J connectivity index is 1.65. The van der Waals surface area contributed by atoms with Gasteiger partial charge in [-0.05, 0) is 43.5 Å². The van der Waals surface area contributed by atoms with Crippen molar-refractivity contribution in [3.05, 3.63) is 59.7 Å². The lowest BCUT2D eigenvalue weighted by molar-refractivity contribution is 0.314. The fourth-order valence-electron chi connectivity index (χ4n) is 2.69. The molecule has 21 heavy (non-hydrogen) atoms. The molecule has 0 bridgehead atoms. The summed E-state index contributed by atoms with van der Waals surface area (Å²) in [6.07, 6.45) is 6.58. The van der Waals surface area contributed by atoms with Crippen LogP contribution in [-0.4, -0.2) is 18.1 Å². The Morgan fingerprint density at radius 1 is 1.33 bits per heavy atom. The summed E-state index contributed by atoms with van der Waals surface area (Å²) in [5, 5.41) is 3.56. The summed E-state index contributed by atoms with van der Waals surface area (Å²) >= 11 is 0. The molecule has 0 fully saturated rings. The van der Waals surface area contributed by atoms with Gasteiger partial charge in [-0.2, -0.15) is 0 Å². The number of rotatable bonds is 4. The minimum absolute atomic E-state index is 0.222. The van der Waals surface area contributed by atoms with E-state index in [1.54, 1.807) is 6.20 Å². The van der Waals surface area contributed by atoms with Crippen LogP contribution in [0, 0.1) is 5.82 Å². The normalized spacial score (nSPS) is 17.7. The summed E-state index contributed by atoms with van der Waals surface area (Å²) in [7, 11) is 0. The molecule has 0 amide bonds. The smallest absolute Gasteiger partial charge is 0.126 e. The first-order chi connectivity index (χ1) is 10.3. The highest BCUT2D eigenvalue weighted by Crippen LogP contribution is 2.31. The Labute approximate surface area is 124 Å². The maximum absolute atomic E-state index is 13.3. The van der Waals surface area contributed by atoms with Gasteiger partial charge in [0.1, 0.15) is 11.6 Å². The number of pyridine rings is 1. The average molecular weight is 286 g/mol. The van der Waals surface area contributed by atoms with E-state index in [0.29, 0.717) is 12.4 Å². The fraction of sp³-hybridized carbons (Fsp3) is 0.353. The van der Waals surface area contributed by atoms with Gasteiger partial charge in [-0.15, -0.1) is 0 Å². The molecular formula is C17H19FN2O. The molecule has 1 N–H and O–H groups in total. The van der Waals surface area contributed by atoms with E-state index in [-0.39, 0.29) is 11.9 Å². The van der Waals surface area contributed by atoms with Crippen LogP contribution >= 0.6 is 0 Å². The predicted octanol–water partition coefficient (Wildman–Crippen LogP) is 3.27. The van der Waals surface area contributed by atoms with Crippen LogP contribution in [0.5, 0.6) is 5.75 Å². The van der Waals surface area contributed by atoms with Gasteiger partial charge >= 0.3 is 0 Å². The second kappa shape index (κ2) is 6.68. The van der Waals surface area contributed by atoms with Crippen LogP contribution in [0.2, 0.25) is 0 Å². The first-order valence-electron chi connectivity index (χ1n) is 7.37. The molecule has 2 aromatic rings. The second-order valence-electron chi connectivity index (χ2n) is 5.29. The Morgan fingerprint density at radius 3 is 3.14 bits per heavy atom. The molecule has 110 valence electrons. The molecule has 1 aliphatic rings. The van der Waals surface area contributed by atoms with Gasteiger partial charge < -0.3 is 10.1 Å². The lowest BCUT2D eigenvalue weighted by Crippen LogP contribution is -2.23. The van der Waals surface area contributed by atoms with Crippen LogP contribution in [0.1, 0.15) is 30.0 Å². The number of hydrogen-bond donors (Lipinski definition) is 1. The molecule has 1 aromatic carbocycles. The van der Waals surface area contributed by atoms with Crippen LogP contribution in [-0.2, 0) is 6.42 Å². The molecule has 3 nitrogen and oxygen atoms in total. The molecule has 2 heterocycles. The van der Waals surface area contributed by atoms with E-state index in [1.165, 1.54) is 17.7 Å². The molecular weight excluding hydrogens is 267 g/mol. The highest BCUT2D eigenvalue weighted by atomic mass is 19.1. The van der Waals surface area contributed by atoms with Gasteiger partial charge in [-0.1, -0.05) is 12.1 Å². The molecule has 0 saturated heterocycles. The number of nitrogens with zero attached hydrogens (tertiary/aromatic N) is 1. The maximum atomic E-state index is 13.3. The SMILES string of the molecule is Fc1ccc2c(c1)OCCC[C@@H]2NCCc1cccnc1. The van der Waals surface area contributed by atoms with Crippen molar-refractivity contribution >= 4 is 0 Å². The first kappa shape index (κ1) is 14.0. The second-order valence-corrected chi connectivity index (χ2v) is 5.29. The van der Waals surface area contributed by atoms with Gasteiger partial charge in [0.15, 0.2) is 0 Å². The predicted molar refractivity (Wildman–Crippen MR) is 79.8 cm³/mol. The average Bonchev–Trinajstić information content (AvgIpc) is 2.70. The van der Waals surface area contributed by atoms with Crippen LogP contribution in [0.25, 0.3) is 0 Å². The van der Waals surface area contributed by atoms with E-state index in [2.05, 4.69) is 16.4 Å². The number of halogens is 1. The van der Waals surface area contributed by atoms with Crippen molar-refractivity contribution in [2.75, 3.05) is 13.2 Å². The van der Waals surface area contributed by atoms with Crippen molar-refractivity contribution in [3.8, 4) is 5.75 Å². The van der Waals surface area contributed by atoms with E-state index >= 15 is 0 Å². The minimum atomic E-state index is -0.246. The molecule has 4 heteroatoms. The zero-order valence-corrected chi connectivity index (χ0v) is 11.9. The minimum Gasteiger partial charge on any atom is -0.493 e. The third-order valence-corrected chi connectivity index (χ3v) is 3.77. The first-order valence-corrected chi connectivity index (χ1v) is 7.37. The lowest BCUT2D eigenvalue weighted by atomic mass is 10.0. The largest absolute Gasteiger partial charge is 0.493 e. The number of benzene rings is 1. The van der Waals surface area contributed by atoms with Gasteiger partial charge in [-0.3, -0.25) is 4.98 Å². The Bertz CT molecular complexity index is 589. The summed E-state index contributed by atoms with van der Waals surface area (Å²) in [5.41, 5.74) is 2.27. The molecule has 0 saturated carbocycles. The highest BCUT2D eigenvalue weighted by Gasteiger charge is 2.19. The number of aromatic nitrogens is 1. The Hall–Kier alpha value is -1.94. The zero-order valence-electron chi connectivity index (χ0n) is 11.9. The molecule has 0 unspecified atom stereocenters. The van der Waals surface area contributed by atoms with Crippen LogP contribution in [0.4, 0.5) is 4.39 Å². The van der Waals surface area contributed by atoms with E-state index in [1.807, 2.05) is 18.3 Å². The summed E-state index contributed by atoms with van der Waals surface area (Å²) in [6, 6.07) is 9.07. The summed E-state index contributed by atoms with van der Waals surface area (Å²) in [6.45, 7) is 1.52. The topological polar surface area (TPSA) is 34.1 Å². The van der Waals surface area contributed by atoms with Gasteiger partial charge in [0.2, 0.25) is 0 Å². The third kappa shape index (κ3) is 3.58. The highest BCUT2D eigenvalue weighted by molar-refractivity contribution is 5.37. The summed E-state index contributed by atoms with van der Waals surface area (Å²) < 4.78 is 19.0. The fourth-order valence-corrected chi connectivity index (χ4v) is 2.69. The quantitative estimate of drug-likeness (QED) is 0.936. The number of ether oxygens (including phenoxy) is 1. The molecule has 0 radical (unpaired) electrons. The number of hydrogen-bond acceptors (Lipinski definition) is 3. The van der Waals surface area contributed by atoms with E-state index in [4.69, 9.17) is 4.74 Å².